The normalized spacial score (nSPS) is 19.5. The average molecular weight is 430 g/mol. The van der Waals surface area contributed by atoms with E-state index in [1.165, 1.54) is 5.69 Å². The number of aromatic nitrogens is 3. The van der Waals surface area contributed by atoms with Gasteiger partial charge in [-0.25, -0.2) is 4.98 Å². The first-order valence-corrected chi connectivity index (χ1v) is 11.4. The van der Waals surface area contributed by atoms with Gasteiger partial charge in [0.05, 0.1) is 5.69 Å². The lowest BCUT2D eigenvalue weighted by atomic mass is 9.75. The van der Waals surface area contributed by atoms with Crippen LogP contribution in [0.5, 0.6) is 5.75 Å². The molecule has 0 bridgehead atoms. The van der Waals surface area contributed by atoms with E-state index in [2.05, 4.69) is 15.7 Å². The molecule has 2 aromatic heterocycles. The van der Waals surface area contributed by atoms with Crippen LogP contribution in [0.3, 0.4) is 0 Å². The third-order valence-electron chi connectivity index (χ3n) is 7.10. The Morgan fingerprint density at radius 2 is 2.00 bits per heavy atom. The molecule has 1 aromatic carbocycles. The minimum atomic E-state index is -0.143. The summed E-state index contributed by atoms with van der Waals surface area (Å²) in [6.07, 6.45) is 4.77. The predicted octanol–water partition coefficient (Wildman–Crippen LogP) is 3.56. The van der Waals surface area contributed by atoms with Gasteiger partial charge in [-0.1, -0.05) is 30.3 Å². The van der Waals surface area contributed by atoms with E-state index in [1.807, 2.05) is 48.2 Å². The summed E-state index contributed by atoms with van der Waals surface area (Å²) in [7, 11) is 0. The molecule has 1 amide bonds. The van der Waals surface area contributed by atoms with E-state index in [4.69, 9.17) is 15.6 Å². The Labute approximate surface area is 187 Å². The number of anilines is 1. The van der Waals surface area contributed by atoms with Crippen molar-refractivity contribution in [2.45, 2.75) is 44.2 Å². The third-order valence-corrected chi connectivity index (χ3v) is 7.10. The number of amides is 1. The zero-order chi connectivity index (χ0) is 21.9. The Bertz CT molecular complexity index is 1180. The van der Waals surface area contributed by atoms with Gasteiger partial charge < -0.3 is 15.4 Å². The summed E-state index contributed by atoms with van der Waals surface area (Å²) in [5.74, 6) is 1.55. The molecule has 3 aliphatic rings. The van der Waals surface area contributed by atoms with Gasteiger partial charge in [-0.2, -0.15) is 5.10 Å². The number of aryl methyl sites for hydroxylation is 1. The number of hydrogen-bond donors (Lipinski definition) is 1. The molecule has 0 radical (unpaired) electrons. The Morgan fingerprint density at radius 3 is 2.75 bits per heavy atom. The number of pyridine rings is 1. The van der Waals surface area contributed by atoms with E-state index in [0.29, 0.717) is 17.5 Å². The van der Waals surface area contributed by atoms with Crippen molar-refractivity contribution >= 4 is 11.7 Å². The maximum Gasteiger partial charge on any atom is 0.225 e. The van der Waals surface area contributed by atoms with Gasteiger partial charge in [0.2, 0.25) is 5.91 Å². The quantitative estimate of drug-likeness (QED) is 0.670. The highest BCUT2D eigenvalue weighted by atomic mass is 16.5. The third kappa shape index (κ3) is 3.15. The van der Waals surface area contributed by atoms with E-state index in [0.717, 1.165) is 55.7 Å². The Morgan fingerprint density at radius 1 is 1.22 bits per heavy atom. The van der Waals surface area contributed by atoms with Crippen LogP contribution in [0.4, 0.5) is 5.82 Å². The highest BCUT2D eigenvalue weighted by Crippen LogP contribution is 2.46. The number of benzene rings is 1. The van der Waals surface area contributed by atoms with Crippen molar-refractivity contribution in [3.05, 3.63) is 59.9 Å². The molecule has 2 aliphatic heterocycles. The SMILES string of the molecule is C[C@@H](Oc1cc(-c2cc3n(n2)CCC32CN(C(=O)C3CC3)C2)cnc1N)c1ccccc1. The molecule has 1 aliphatic carbocycles. The maximum absolute atomic E-state index is 12.4. The lowest BCUT2D eigenvalue weighted by Crippen LogP contribution is -2.60. The zero-order valence-corrected chi connectivity index (χ0v) is 18.2. The number of ether oxygens (including phenoxy) is 1. The fraction of sp³-hybridized carbons (Fsp3) is 0.400. The van der Waals surface area contributed by atoms with Crippen molar-refractivity contribution in [1.29, 1.82) is 0 Å². The van der Waals surface area contributed by atoms with Crippen LogP contribution in [0.15, 0.2) is 48.7 Å². The number of carbonyl (C=O) groups excluding carboxylic acids is 1. The largest absolute Gasteiger partial charge is 0.482 e. The minimum absolute atomic E-state index is 0.0538. The van der Waals surface area contributed by atoms with E-state index in [-0.39, 0.29) is 17.4 Å². The molecule has 1 spiro atoms. The highest BCUT2D eigenvalue weighted by Gasteiger charge is 2.53. The van der Waals surface area contributed by atoms with E-state index >= 15 is 0 Å². The molecular formula is C25H27N5O2. The number of nitrogens with two attached hydrogens (primary N) is 1. The van der Waals surface area contributed by atoms with Crippen molar-refractivity contribution in [1.82, 2.24) is 19.7 Å². The second-order valence-electron chi connectivity index (χ2n) is 9.41. The van der Waals surface area contributed by atoms with Crippen LogP contribution < -0.4 is 10.5 Å². The van der Waals surface area contributed by atoms with Crippen LogP contribution in [0.1, 0.15) is 43.5 Å². The number of nitrogen functional groups attached to an aromatic ring is 1. The summed E-state index contributed by atoms with van der Waals surface area (Å²) >= 11 is 0. The van der Waals surface area contributed by atoms with Gasteiger partial charge in [-0.3, -0.25) is 9.48 Å². The summed E-state index contributed by atoms with van der Waals surface area (Å²) in [6.45, 7) is 4.52. The van der Waals surface area contributed by atoms with Crippen LogP contribution in [-0.2, 0) is 16.8 Å². The van der Waals surface area contributed by atoms with Crippen LogP contribution >= 0.6 is 0 Å². The summed E-state index contributed by atoms with van der Waals surface area (Å²) in [4.78, 5) is 18.8. The first-order chi connectivity index (χ1) is 15.5. The molecule has 1 saturated heterocycles. The molecule has 4 heterocycles. The first kappa shape index (κ1) is 19.3. The molecule has 2 fully saturated rings. The maximum atomic E-state index is 12.4. The molecule has 7 nitrogen and oxygen atoms in total. The van der Waals surface area contributed by atoms with Crippen molar-refractivity contribution in [2.24, 2.45) is 5.92 Å². The molecular weight excluding hydrogens is 402 g/mol. The summed E-state index contributed by atoms with van der Waals surface area (Å²) < 4.78 is 8.24. The van der Waals surface area contributed by atoms with Crippen LogP contribution in [0.25, 0.3) is 11.3 Å². The van der Waals surface area contributed by atoms with Crippen molar-refractivity contribution in [2.75, 3.05) is 18.8 Å². The minimum Gasteiger partial charge on any atom is -0.482 e. The van der Waals surface area contributed by atoms with Crippen LogP contribution in [0, 0.1) is 5.92 Å². The van der Waals surface area contributed by atoms with Gasteiger partial charge in [0, 0.05) is 48.4 Å². The molecule has 0 unspecified atom stereocenters. The van der Waals surface area contributed by atoms with Gasteiger partial charge in [0.15, 0.2) is 11.6 Å². The van der Waals surface area contributed by atoms with E-state index in [9.17, 15) is 4.79 Å². The van der Waals surface area contributed by atoms with Crippen LogP contribution in [0.2, 0.25) is 0 Å². The molecule has 2 N–H and O–H groups in total. The number of carbonyl (C=O) groups is 1. The molecule has 32 heavy (non-hydrogen) atoms. The van der Waals surface area contributed by atoms with Gasteiger partial charge in [-0.05, 0) is 43.9 Å². The predicted molar refractivity (Wildman–Crippen MR) is 121 cm³/mol. The first-order valence-electron chi connectivity index (χ1n) is 11.4. The number of rotatable bonds is 5. The number of hydrogen-bond acceptors (Lipinski definition) is 5. The number of likely N-dealkylation sites (tertiary alicyclic amines) is 1. The van der Waals surface area contributed by atoms with Crippen molar-refractivity contribution in [3.8, 4) is 17.0 Å². The second-order valence-corrected chi connectivity index (χ2v) is 9.41. The average Bonchev–Trinajstić information content (AvgIpc) is 3.45. The standard InChI is InChI=1S/C25H27N5O2/c1-16(17-5-3-2-4-6-17)32-21-11-19(13-27-23(21)26)20-12-22-25(9-10-30(22)28-20)14-29(15-25)24(31)18-7-8-18/h2-6,11-13,16,18H,7-10,14-15H2,1H3,(H2,26,27)/t16-/m1/s1. The lowest BCUT2D eigenvalue weighted by molar-refractivity contribution is -0.140. The van der Waals surface area contributed by atoms with E-state index < -0.39 is 0 Å². The zero-order valence-electron chi connectivity index (χ0n) is 18.2. The number of nitrogens with zero attached hydrogens (tertiary/aromatic N) is 4. The van der Waals surface area contributed by atoms with Crippen molar-refractivity contribution < 1.29 is 9.53 Å². The lowest BCUT2D eigenvalue weighted by Gasteiger charge is -2.47. The molecule has 1 atom stereocenters. The number of fused-ring (bicyclic) bond motifs is 2. The van der Waals surface area contributed by atoms with E-state index in [1.54, 1.807) is 6.20 Å². The fourth-order valence-electron chi connectivity index (χ4n) is 5.02. The molecule has 1 saturated carbocycles. The monoisotopic (exact) mass is 429 g/mol. The van der Waals surface area contributed by atoms with Gasteiger partial charge in [0.1, 0.15) is 6.10 Å². The molecule has 7 heteroatoms. The highest BCUT2D eigenvalue weighted by molar-refractivity contribution is 5.82. The second kappa shape index (κ2) is 7.08. The summed E-state index contributed by atoms with van der Waals surface area (Å²) in [5.41, 5.74) is 10.2. The van der Waals surface area contributed by atoms with Crippen molar-refractivity contribution in [3.63, 3.8) is 0 Å². The Hall–Kier alpha value is -3.35. The fourth-order valence-corrected chi connectivity index (χ4v) is 5.02. The smallest absolute Gasteiger partial charge is 0.225 e. The summed E-state index contributed by atoms with van der Waals surface area (Å²) in [5, 5.41) is 4.84. The molecule has 164 valence electrons. The molecule has 3 aromatic rings. The van der Waals surface area contributed by atoms with Gasteiger partial charge >= 0.3 is 0 Å². The summed E-state index contributed by atoms with van der Waals surface area (Å²) in [6, 6.07) is 14.1. The van der Waals surface area contributed by atoms with Gasteiger partial charge in [-0.15, -0.1) is 0 Å². The van der Waals surface area contributed by atoms with Gasteiger partial charge in [0.25, 0.3) is 0 Å². The topological polar surface area (TPSA) is 86.3 Å². The Kier molecular flexibility index (Phi) is 4.28. The van der Waals surface area contributed by atoms with Crippen LogP contribution in [-0.4, -0.2) is 38.7 Å². The molecule has 6 rings (SSSR count). The Balaban J connectivity index is 1.23.